The lowest BCUT2D eigenvalue weighted by molar-refractivity contribution is -0.124. The fraction of sp³-hybridized carbons (Fsp3) is 0.750. The molecule has 0 unspecified atom stereocenters. The van der Waals surface area contributed by atoms with Gasteiger partial charge in [0.05, 0.1) is 6.61 Å². The molecule has 6 heteroatoms. The second kappa shape index (κ2) is 8.31. The number of hydrogen-bond acceptors (Lipinski definition) is 4. The first kappa shape index (κ1) is 12.7. The predicted octanol–water partition coefficient (Wildman–Crippen LogP) is -0.505. The molecule has 2 amide bonds. The Morgan fingerprint density at radius 1 is 1.36 bits per heavy atom. The van der Waals surface area contributed by atoms with Gasteiger partial charge >= 0.3 is 6.09 Å². The third kappa shape index (κ3) is 7.35. The third-order valence-electron chi connectivity index (χ3n) is 1.36. The molecule has 0 aliphatic heterocycles. The molecule has 0 spiro atoms. The molecule has 0 atom stereocenters. The van der Waals surface area contributed by atoms with Crippen LogP contribution in [0.5, 0.6) is 0 Å². The van der Waals surface area contributed by atoms with Crippen LogP contribution in [0.3, 0.4) is 0 Å². The smallest absolute Gasteiger partial charge is 0.406 e. The molecule has 0 bridgehead atoms. The van der Waals surface area contributed by atoms with Gasteiger partial charge in [-0.2, -0.15) is 0 Å². The lowest BCUT2D eigenvalue weighted by atomic mass is 10.4. The summed E-state index contributed by atoms with van der Waals surface area (Å²) in [6, 6.07) is 0. The molecule has 0 saturated heterocycles. The summed E-state index contributed by atoms with van der Waals surface area (Å²) in [6.45, 7) is 0.808. The number of alkyl carbamates (subject to hydrolysis) is 1. The van der Waals surface area contributed by atoms with Gasteiger partial charge in [-0.25, -0.2) is 4.79 Å². The summed E-state index contributed by atoms with van der Waals surface area (Å²) in [6.07, 6.45) is 0.122. The Morgan fingerprint density at radius 2 is 2.07 bits per heavy atom. The number of methoxy groups -OCH3 is 1. The number of carbonyl (C=O) groups is 2. The van der Waals surface area contributed by atoms with Crippen molar-refractivity contribution in [2.24, 2.45) is 0 Å². The second-order valence-electron chi connectivity index (χ2n) is 2.52. The molecule has 0 aliphatic carbocycles. The van der Waals surface area contributed by atoms with E-state index in [4.69, 9.17) is 4.74 Å². The fourth-order valence-electron chi connectivity index (χ4n) is 0.719. The molecule has 82 valence electrons. The Balaban J connectivity index is 3.21. The predicted molar refractivity (Wildman–Crippen MR) is 49.9 cm³/mol. The van der Waals surface area contributed by atoms with E-state index in [1.807, 2.05) is 0 Å². The molecule has 0 aromatic heterocycles. The van der Waals surface area contributed by atoms with E-state index < -0.39 is 6.09 Å². The van der Waals surface area contributed by atoms with Gasteiger partial charge in [0.1, 0.15) is 6.61 Å². The van der Waals surface area contributed by atoms with E-state index in [1.165, 1.54) is 14.2 Å². The SMILES string of the molecule is CNC(=O)OCCCNC(=O)COC. The van der Waals surface area contributed by atoms with Gasteiger partial charge in [-0.3, -0.25) is 4.79 Å². The van der Waals surface area contributed by atoms with Crippen molar-refractivity contribution in [3.05, 3.63) is 0 Å². The van der Waals surface area contributed by atoms with Crippen molar-refractivity contribution in [1.29, 1.82) is 0 Å². The second-order valence-corrected chi connectivity index (χ2v) is 2.52. The molecule has 6 nitrogen and oxygen atoms in total. The van der Waals surface area contributed by atoms with Crippen LogP contribution in [0.15, 0.2) is 0 Å². The lowest BCUT2D eigenvalue weighted by Gasteiger charge is -2.05. The number of nitrogens with one attached hydrogen (secondary N) is 2. The van der Waals surface area contributed by atoms with E-state index in [1.54, 1.807) is 0 Å². The molecule has 0 aromatic carbocycles. The van der Waals surface area contributed by atoms with Crippen molar-refractivity contribution < 1.29 is 19.1 Å². The zero-order valence-electron chi connectivity index (χ0n) is 8.46. The molecular weight excluding hydrogens is 188 g/mol. The largest absolute Gasteiger partial charge is 0.450 e. The van der Waals surface area contributed by atoms with E-state index in [0.29, 0.717) is 13.0 Å². The van der Waals surface area contributed by atoms with Crippen molar-refractivity contribution in [1.82, 2.24) is 10.6 Å². The molecule has 0 aromatic rings. The molecule has 0 aliphatic rings. The van der Waals surface area contributed by atoms with Gasteiger partial charge in [-0.05, 0) is 6.42 Å². The number of amides is 2. The van der Waals surface area contributed by atoms with Gasteiger partial charge in [0.25, 0.3) is 0 Å². The molecule has 0 fully saturated rings. The van der Waals surface area contributed by atoms with Crippen LogP contribution < -0.4 is 10.6 Å². The van der Waals surface area contributed by atoms with E-state index in [9.17, 15) is 9.59 Å². The minimum absolute atomic E-state index is 0.0519. The highest BCUT2D eigenvalue weighted by Gasteiger charge is 1.99. The van der Waals surface area contributed by atoms with Crippen molar-refractivity contribution in [3.8, 4) is 0 Å². The standard InChI is InChI=1S/C8H16N2O4/c1-9-8(12)14-5-3-4-10-7(11)6-13-2/h3-6H2,1-2H3,(H,9,12)(H,10,11). The molecule has 0 rings (SSSR count). The minimum Gasteiger partial charge on any atom is -0.450 e. The van der Waals surface area contributed by atoms with Gasteiger partial charge in [-0.1, -0.05) is 0 Å². The maximum absolute atomic E-state index is 10.8. The zero-order chi connectivity index (χ0) is 10.8. The maximum Gasteiger partial charge on any atom is 0.406 e. The van der Waals surface area contributed by atoms with Crippen LogP contribution in [0, 0.1) is 0 Å². The Kier molecular flexibility index (Phi) is 7.53. The summed E-state index contributed by atoms with van der Waals surface area (Å²) in [5.41, 5.74) is 0. The van der Waals surface area contributed by atoms with Crippen molar-refractivity contribution in [3.63, 3.8) is 0 Å². The molecule has 14 heavy (non-hydrogen) atoms. The number of ether oxygens (including phenoxy) is 2. The average molecular weight is 204 g/mol. The fourth-order valence-corrected chi connectivity index (χ4v) is 0.719. The van der Waals surface area contributed by atoms with Gasteiger partial charge in [0.2, 0.25) is 5.91 Å². The number of hydrogen-bond donors (Lipinski definition) is 2. The summed E-state index contributed by atoms with van der Waals surface area (Å²) in [5, 5.41) is 4.92. The first-order valence-corrected chi connectivity index (χ1v) is 4.31. The van der Waals surface area contributed by atoms with E-state index in [-0.39, 0.29) is 19.1 Å². The van der Waals surface area contributed by atoms with Crippen LogP contribution in [0.2, 0.25) is 0 Å². The first-order valence-electron chi connectivity index (χ1n) is 4.31. The Labute approximate surface area is 82.9 Å². The molecule has 2 N–H and O–H groups in total. The van der Waals surface area contributed by atoms with Gasteiger partial charge in [0, 0.05) is 20.7 Å². The lowest BCUT2D eigenvalue weighted by Crippen LogP contribution is -2.29. The quantitative estimate of drug-likeness (QED) is 0.571. The summed E-state index contributed by atoms with van der Waals surface area (Å²) in [4.78, 5) is 21.4. The van der Waals surface area contributed by atoms with Crippen LogP contribution >= 0.6 is 0 Å². The summed E-state index contributed by atoms with van der Waals surface area (Å²) < 4.78 is 9.31. The van der Waals surface area contributed by atoms with E-state index in [0.717, 1.165) is 0 Å². The Hall–Kier alpha value is -1.30. The zero-order valence-corrected chi connectivity index (χ0v) is 8.46. The highest BCUT2D eigenvalue weighted by molar-refractivity contribution is 5.77. The third-order valence-corrected chi connectivity index (χ3v) is 1.36. The normalized spacial score (nSPS) is 9.29. The highest BCUT2D eigenvalue weighted by atomic mass is 16.5. The summed E-state index contributed by atoms with van der Waals surface area (Å²) in [7, 11) is 2.94. The van der Waals surface area contributed by atoms with Gasteiger partial charge in [-0.15, -0.1) is 0 Å². The van der Waals surface area contributed by atoms with Crippen molar-refractivity contribution >= 4 is 12.0 Å². The maximum atomic E-state index is 10.8. The van der Waals surface area contributed by atoms with E-state index in [2.05, 4.69) is 15.4 Å². The monoisotopic (exact) mass is 204 g/mol. The molecule has 0 radical (unpaired) electrons. The Bertz CT molecular complexity index is 184. The number of carbonyl (C=O) groups excluding carboxylic acids is 2. The topological polar surface area (TPSA) is 76.7 Å². The summed E-state index contributed by atoms with van der Waals surface area (Å²) >= 11 is 0. The first-order chi connectivity index (χ1) is 6.70. The van der Waals surface area contributed by atoms with Crippen LogP contribution in [0.25, 0.3) is 0 Å². The van der Waals surface area contributed by atoms with Crippen LogP contribution in [-0.2, 0) is 14.3 Å². The van der Waals surface area contributed by atoms with Crippen LogP contribution in [0.4, 0.5) is 4.79 Å². The average Bonchev–Trinajstić information content (AvgIpc) is 2.17. The van der Waals surface area contributed by atoms with Crippen molar-refractivity contribution in [2.45, 2.75) is 6.42 Å². The van der Waals surface area contributed by atoms with Gasteiger partial charge in [0.15, 0.2) is 0 Å². The molecular formula is C8H16N2O4. The number of rotatable bonds is 6. The minimum atomic E-state index is -0.465. The molecule has 0 heterocycles. The molecule has 0 saturated carbocycles. The van der Waals surface area contributed by atoms with E-state index >= 15 is 0 Å². The highest BCUT2D eigenvalue weighted by Crippen LogP contribution is 1.82. The Morgan fingerprint density at radius 3 is 2.64 bits per heavy atom. The van der Waals surface area contributed by atoms with Crippen LogP contribution in [-0.4, -0.2) is 45.9 Å². The van der Waals surface area contributed by atoms with Gasteiger partial charge < -0.3 is 20.1 Å². The van der Waals surface area contributed by atoms with Crippen LogP contribution in [0.1, 0.15) is 6.42 Å². The summed E-state index contributed by atoms with van der Waals surface area (Å²) in [5.74, 6) is -0.174. The van der Waals surface area contributed by atoms with Crippen molar-refractivity contribution in [2.75, 3.05) is 33.9 Å².